The molecule has 4 rings (SSSR count). The van der Waals surface area contributed by atoms with Crippen molar-refractivity contribution in [3.05, 3.63) is 83.8 Å². The van der Waals surface area contributed by atoms with Crippen molar-refractivity contribution in [2.45, 2.75) is 25.8 Å². The zero-order valence-corrected chi connectivity index (χ0v) is 17.9. The number of aryl methyl sites for hydroxylation is 1. The van der Waals surface area contributed by atoms with Crippen molar-refractivity contribution in [2.75, 3.05) is 30.4 Å². The van der Waals surface area contributed by atoms with Crippen LogP contribution in [-0.4, -0.2) is 42.9 Å². The second-order valence-electron chi connectivity index (χ2n) is 7.93. The minimum absolute atomic E-state index is 0.00527. The Labute approximate surface area is 182 Å². The highest BCUT2D eigenvalue weighted by Gasteiger charge is 2.26. The monoisotopic (exact) mass is 417 g/mol. The minimum Gasteiger partial charge on any atom is -0.459 e. The molecule has 2 aromatic carbocycles. The van der Waals surface area contributed by atoms with Crippen molar-refractivity contribution in [3.63, 3.8) is 0 Å². The van der Waals surface area contributed by atoms with Gasteiger partial charge in [0.15, 0.2) is 5.76 Å². The van der Waals surface area contributed by atoms with Crippen LogP contribution in [0.3, 0.4) is 0 Å². The van der Waals surface area contributed by atoms with Crippen molar-refractivity contribution in [1.82, 2.24) is 4.90 Å². The van der Waals surface area contributed by atoms with Crippen LogP contribution in [0.25, 0.3) is 0 Å². The van der Waals surface area contributed by atoms with E-state index in [2.05, 4.69) is 29.4 Å². The second-order valence-corrected chi connectivity index (χ2v) is 7.93. The van der Waals surface area contributed by atoms with Gasteiger partial charge in [0.25, 0.3) is 11.8 Å². The highest BCUT2D eigenvalue weighted by atomic mass is 16.3. The fourth-order valence-electron chi connectivity index (χ4n) is 3.99. The van der Waals surface area contributed by atoms with Crippen molar-refractivity contribution >= 4 is 23.2 Å². The van der Waals surface area contributed by atoms with Crippen LogP contribution in [0.15, 0.2) is 71.3 Å². The maximum Gasteiger partial charge on any atom is 0.291 e. The van der Waals surface area contributed by atoms with E-state index in [1.165, 1.54) is 12.0 Å². The van der Waals surface area contributed by atoms with Gasteiger partial charge in [0.1, 0.15) is 0 Å². The van der Waals surface area contributed by atoms with Crippen LogP contribution >= 0.6 is 0 Å². The molecule has 0 atom stereocenters. The van der Waals surface area contributed by atoms with Gasteiger partial charge in [0, 0.05) is 43.1 Å². The lowest BCUT2D eigenvalue weighted by atomic mass is 10.0. The van der Waals surface area contributed by atoms with Gasteiger partial charge in [0.2, 0.25) is 0 Å². The highest BCUT2D eigenvalue weighted by Crippen LogP contribution is 2.24. The standard InChI is InChI=1S/C25H27N3O3/c1-18-10-11-19(17-22(18)26-24(29)23-9-6-16-31-23)25(30)28-14-12-21(13-15-28)27(2)20-7-4-3-5-8-20/h3-11,16-17,21H,12-15H2,1-2H3,(H,26,29). The number of carbonyl (C=O) groups excluding carboxylic acids is 2. The number of para-hydroxylation sites is 1. The first-order chi connectivity index (χ1) is 15.0. The summed E-state index contributed by atoms with van der Waals surface area (Å²) in [5.41, 5.74) is 3.28. The first-order valence-electron chi connectivity index (χ1n) is 10.6. The molecule has 3 aromatic rings. The Balaban J connectivity index is 1.40. The van der Waals surface area contributed by atoms with E-state index in [4.69, 9.17) is 4.42 Å². The maximum atomic E-state index is 13.1. The summed E-state index contributed by atoms with van der Waals surface area (Å²) < 4.78 is 5.15. The zero-order chi connectivity index (χ0) is 21.8. The Morgan fingerprint density at radius 3 is 2.45 bits per heavy atom. The molecule has 2 heterocycles. The van der Waals surface area contributed by atoms with E-state index in [0.29, 0.717) is 30.4 Å². The number of likely N-dealkylation sites (tertiary alicyclic amines) is 1. The Hall–Kier alpha value is -3.54. The molecule has 0 spiro atoms. The number of nitrogens with one attached hydrogen (secondary N) is 1. The van der Waals surface area contributed by atoms with E-state index in [9.17, 15) is 9.59 Å². The molecule has 0 radical (unpaired) electrons. The van der Waals surface area contributed by atoms with E-state index in [1.807, 2.05) is 42.2 Å². The van der Waals surface area contributed by atoms with E-state index in [0.717, 1.165) is 18.4 Å². The van der Waals surface area contributed by atoms with Gasteiger partial charge in [-0.1, -0.05) is 24.3 Å². The normalized spacial score (nSPS) is 14.3. The number of nitrogens with zero attached hydrogens (tertiary/aromatic N) is 2. The van der Waals surface area contributed by atoms with E-state index in [-0.39, 0.29) is 17.6 Å². The SMILES string of the molecule is Cc1ccc(C(=O)N2CCC(N(C)c3ccccc3)CC2)cc1NC(=O)c1ccco1. The van der Waals surface area contributed by atoms with E-state index in [1.54, 1.807) is 18.2 Å². The average molecular weight is 418 g/mol. The first-order valence-corrected chi connectivity index (χ1v) is 10.6. The van der Waals surface area contributed by atoms with Gasteiger partial charge in [-0.05, 0) is 61.7 Å². The number of carbonyl (C=O) groups is 2. The molecule has 6 nitrogen and oxygen atoms in total. The molecular formula is C25H27N3O3. The Morgan fingerprint density at radius 1 is 1.03 bits per heavy atom. The van der Waals surface area contributed by atoms with Gasteiger partial charge in [-0.2, -0.15) is 0 Å². The smallest absolute Gasteiger partial charge is 0.291 e. The van der Waals surface area contributed by atoms with Crippen molar-refractivity contribution in [3.8, 4) is 0 Å². The molecule has 6 heteroatoms. The van der Waals surface area contributed by atoms with Gasteiger partial charge in [0.05, 0.1) is 6.26 Å². The minimum atomic E-state index is -0.331. The summed E-state index contributed by atoms with van der Waals surface area (Å²) in [5.74, 6) is -0.0995. The lowest BCUT2D eigenvalue weighted by Gasteiger charge is -2.38. The largest absolute Gasteiger partial charge is 0.459 e. The zero-order valence-electron chi connectivity index (χ0n) is 17.9. The van der Waals surface area contributed by atoms with Crippen molar-refractivity contribution in [1.29, 1.82) is 0 Å². The molecule has 160 valence electrons. The molecule has 0 aliphatic carbocycles. The number of hydrogen-bond donors (Lipinski definition) is 1. The van der Waals surface area contributed by atoms with Gasteiger partial charge in [-0.3, -0.25) is 9.59 Å². The maximum absolute atomic E-state index is 13.1. The quantitative estimate of drug-likeness (QED) is 0.660. The number of piperidine rings is 1. The molecular weight excluding hydrogens is 390 g/mol. The summed E-state index contributed by atoms with van der Waals surface area (Å²) in [6.07, 6.45) is 3.30. The summed E-state index contributed by atoms with van der Waals surface area (Å²) in [5, 5.41) is 2.84. The topological polar surface area (TPSA) is 65.8 Å². The molecule has 0 unspecified atom stereocenters. The molecule has 1 aromatic heterocycles. The summed E-state index contributed by atoms with van der Waals surface area (Å²) in [7, 11) is 2.12. The van der Waals surface area contributed by atoms with Crippen LogP contribution < -0.4 is 10.2 Å². The van der Waals surface area contributed by atoms with E-state index >= 15 is 0 Å². The summed E-state index contributed by atoms with van der Waals surface area (Å²) in [6.45, 7) is 3.32. The summed E-state index contributed by atoms with van der Waals surface area (Å²) in [4.78, 5) is 29.6. The van der Waals surface area contributed by atoms with Crippen molar-refractivity contribution in [2.24, 2.45) is 0 Å². The van der Waals surface area contributed by atoms with Crippen LogP contribution in [0.4, 0.5) is 11.4 Å². The van der Waals surface area contributed by atoms with E-state index < -0.39 is 0 Å². The number of anilines is 2. The van der Waals surface area contributed by atoms with Crippen LogP contribution in [-0.2, 0) is 0 Å². The fourth-order valence-corrected chi connectivity index (χ4v) is 3.99. The molecule has 1 fully saturated rings. The number of benzene rings is 2. The third-order valence-electron chi connectivity index (χ3n) is 5.94. The third-order valence-corrected chi connectivity index (χ3v) is 5.94. The molecule has 1 aliphatic rings. The van der Waals surface area contributed by atoms with Crippen LogP contribution in [0, 0.1) is 6.92 Å². The lowest BCUT2D eigenvalue weighted by Crippen LogP contribution is -2.45. The summed E-state index contributed by atoms with van der Waals surface area (Å²) in [6, 6.07) is 19.5. The van der Waals surface area contributed by atoms with Gasteiger partial charge >= 0.3 is 0 Å². The molecule has 2 amide bonds. The molecule has 31 heavy (non-hydrogen) atoms. The second kappa shape index (κ2) is 9.08. The molecule has 1 saturated heterocycles. The fraction of sp³-hybridized carbons (Fsp3) is 0.280. The Kier molecular flexibility index (Phi) is 6.07. The molecule has 1 N–H and O–H groups in total. The van der Waals surface area contributed by atoms with Crippen molar-refractivity contribution < 1.29 is 14.0 Å². The van der Waals surface area contributed by atoms with Crippen LogP contribution in [0.5, 0.6) is 0 Å². The Morgan fingerprint density at radius 2 is 1.77 bits per heavy atom. The summed E-state index contributed by atoms with van der Waals surface area (Å²) >= 11 is 0. The molecule has 1 aliphatic heterocycles. The molecule has 0 bridgehead atoms. The predicted octanol–water partition coefficient (Wildman–Crippen LogP) is 4.58. The lowest BCUT2D eigenvalue weighted by molar-refractivity contribution is 0.0713. The number of furan rings is 1. The number of amides is 2. The number of hydrogen-bond acceptors (Lipinski definition) is 4. The highest BCUT2D eigenvalue weighted by molar-refractivity contribution is 6.04. The van der Waals surface area contributed by atoms with Gasteiger partial charge in [-0.15, -0.1) is 0 Å². The molecule has 0 saturated carbocycles. The third kappa shape index (κ3) is 4.63. The van der Waals surface area contributed by atoms with Gasteiger partial charge < -0.3 is 19.5 Å². The number of rotatable bonds is 5. The van der Waals surface area contributed by atoms with Crippen LogP contribution in [0.1, 0.15) is 39.3 Å². The Bertz CT molecular complexity index is 1040. The van der Waals surface area contributed by atoms with Crippen LogP contribution in [0.2, 0.25) is 0 Å². The average Bonchev–Trinajstić information content (AvgIpc) is 3.35. The van der Waals surface area contributed by atoms with Gasteiger partial charge in [-0.25, -0.2) is 0 Å². The predicted molar refractivity (Wildman–Crippen MR) is 122 cm³/mol. The first kappa shape index (κ1) is 20.7.